The van der Waals surface area contributed by atoms with E-state index in [1.165, 1.54) is 0 Å². The number of hydrogen-bond donors (Lipinski definition) is 1. The van der Waals surface area contributed by atoms with Gasteiger partial charge in [-0.05, 0) is 0 Å². The van der Waals surface area contributed by atoms with Crippen molar-refractivity contribution in [3.05, 3.63) is 0 Å². The van der Waals surface area contributed by atoms with E-state index in [9.17, 15) is 0 Å². The Bertz CT molecular complexity index is 34.6. The van der Waals surface area contributed by atoms with Crippen LogP contribution in [0, 0.1) is 0 Å². The van der Waals surface area contributed by atoms with Crippen LogP contribution >= 0.6 is 0 Å². The average molecular weight is 209 g/mol. The smallest absolute Gasteiger partial charge is 0.300 e. The maximum atomic E-state index is 9.00. The first kappa shape index (κ1) is 98.2. The van der Waals surface area contributed by atoms with Gasteiger partial charge in [0.25, 0.3) is 5.97 Å². The molecule has 0 aromatic heterocycles. The zero-order chi connectivity index (χ0) is 3.58. The molecule has 0 aromatic rings. The second-order valence-corrected chi connectivity index (χ2v) is 0.519. The van der Waals surface area contributed by atoms with Crippen molar-refractivity contribution in [2.24, 2.45) is 0 Å². The molecular formula is C2H14NiO7. The van der Waals surface area contributed by atoms with E-state index in [1.54, 1.807) is 0 Å². The molecule has 7 nitrogen and oxygen atoms in total. The van der Waals surface area contributed by atoms with Crippen molar-refractivity contribution >= 4 is 5.97 Å². The van der Waals surface area contributed by atoms with Crippen molar-refractivity contribution in [2.45, 2.75) is 6.92 Å². The molecule has 0 aliphatic carbocycles. The van der Waals surface area contributed by atoms with E-state index in [1.807, 2.05) is 0 Å². The van der Waals surface area contributed by atoms with Gasteiger partial charge in [0.2, 0.25) is 0 Å². The molecule has 0 unspecified atom stereocenters. The fraction of sp³-hybridized carbons (Fsp3) is 0.500. The van der Waals surface area contributed by atoms with Crippen LogP contribution in [0.1, 0.15) is 6.92 Å². The van der Waals surface area contributed by atoms with Crippen LogP contribution in [-0.2, 0) is 21.3 Å². The van der Waals surface area contributed by atoms with Gasteiger partial charge in [0.15, 0.2) is 0 Å². The number of rotatable bonds is 0. The molecule has 0 amide bonds. The van der Waals surface area contributed by atoms with Crippen LogP contribution in [0.4, 0.5) is 0 Å². The van der Waals surface area contributed by atoms with Crippen molar-refractivity contribution < 1.29 is 53.8 Å². The van der Waals surface area contributed by atoms with Crippen LogP contribution < -0.4 is 0 Å². The van der Waals surface area contributed by atoms with E-state index >= 15 is 0 Å². The van der Waals surface area contributed by atoms with Gasteiger partial charge in [-0.2, -0.15) is 0 Å². The van der Waals surface area contributed by atoms with Gasteiger partial charge in [0, 0.05) is 23.4 Å². The van der Waals surface area contributed by atoms with E-state index in [-0.39, 0.29) is 43.9 Å². The van der Waals surface area contributed by atoms with E-state index in [2.05, 4.69) is 0 Å². The summed E-state index contributed by atoms with van der Waals surface area (Å²) >= 11 is 0. The van der Waals surface area contributed by atoms with Crippen molar-refractivity contribution in [2.75, 3.05) is 0 Å². The van der Waals surface area contributed by atoms with Crippen LogP contribution in [-0.4, -0.2) is 38.5 Å². The maximum Gasteiger partial charge on any atom is 0.300 e. The molecule has 0 atom stereocenters. The first-order valence-electron chi connectivity index (χ1n) is 0.928. The van der Waals surface area contributed by atoms with Crippen LogP contribution in [0.3, 0.4) is 0 Å². The number of carboxylic acids is 1. The SMILES string of the molecule is CC(=O)O.O.O.O.O.O.[Ni]. The minimum absolute atomic E-state index is 0. The molecule has 74 valence electrons. The minimum atomic E-state index is -0.833. The van der Waals surface area contributed by atoms with Gasteiger partial charge in [-0.25, -0.2) is 0 Å². The minimum Gasteiger partial charge on any atom is -0.481 e. The molecule has 0 aromatic carbocycles. The fourth-order valence-electron chi connectivity index (χ4n) is 0. The number of carbonyl (C=O) groups is 1. The van der Waals surface area contributed by atoms with E-state index in [0.717, 1.165) is 6.92 Å². The molecule has 10 heavy (non-hydrogen) atoms. The Labute approximate surface area is 67.5 Å². The molecule has 0 aliphatic rings. The van der Waals surface area contributed by atoms with Crippen molar-refractivity contribution in [1.82, 2.24) is 0 Å². The van der Waals surface area contributed by atoms with E-state index in [4.69, 9.17) is 9.90 Å². The molecule has 0 saturated heterocycles. The Hall–Kier alpha value is -0.236. The molecule has 0 rings (SSSR count). The van der Waals surface area contributed by atoms with E-state index in [0.29, 0.717) is 0 Å². The summed E-state index contributed by atoms with van der Waals surface area (Å²) in [4.78, 5) is 9.00. The molecular weight excluding hydrogens is 195 g/mol. The van der Waals surface area contributed by atoms with E-state index < -0.39 is 5.97 Å². The average Bonchev–Trinajstić information content (AvgIpc) is 0.811. The molecule has 8 heteroatoms. The summed E-state index contributed by atoms with van der Waals surface area (Å²) in [5.41, 5.74) is 0. The summed E-state index contributed by atoms with van der Waals surface area (Å²) in [5, 5.41) is 7.42. The zero-order valence-corrected chi connectivity index (χ0v) is 6.16. The number of carboxylic acid groups (broad SMARTS) is 1. The summed E-state index contributed by atoms with van der Waals surface area (Å²) in [6.45, 7) is 1.08. The Morgan fingerprint density at radius 1 is 1.00 bits per heavy atom. The maximum absolute atomic E-state index is 9.00. The Kier molecular flexibility index (Phi) is 679. The third-order valence-corrected chi connectivity index (χ3v) is 0. The van der Waals surface area contributed by atoms with Crippen LogP contribution in [0.15, 0.2) is 0 Å². The second-order valence-electron chi connectivity index (χ2n) is 0.519. The van der Waals surface area contributed by atoms with Crippen molar-refractivity contribution in [3.63, 3.8) is 0 Å². The molecule has 0 spiro atoms. The van der Waals surface area contributed by atoms with Crippen LogP contribution in [0.2, 0.25) is 0 Å². The van der Waals surface area contributed by atoms with Gasteiger partial charge in [-0.15, -0.1) is 0 Å². The first-order valence-corrected chi connectivity index (χ1v) is 0.928. The van der Waals surface area contributed by atoms with Gasteiger partial charge in [0.1, 0.15) is 0 Å². The summed E-state index contributed by atoms with van der Waals surface area (Å²) in [6, 6.07) is 0. The first-order chi connectivity index (χ1) is 1.73. The Balaban J connectivity index is -0.00000000300. The predicted octanol–water partition coefficient (Wildman–Crippen LogP) is -4.04. The largest absolute Gasteiger partial charge is 0.481 e. The van der Waals surface area contributed by atoms with Gasteiger partial charge >= 0.3 is 0 Å². The molecule has 0 heterocycles. The van der Waals surface area contributed by atoms with Crippen molar-refractivity contribution in [3.8, 4) is 0 Å². The molecule has 0 saturated carbocycles. The summed E-state index contributed by atoms with van der Waals surface area (Å²) < 4.78 is 0. The van der Waals surface area contributed by atoms with Gasteiger partial charge in [-0.3, -0.25) is 4.79 Å². The summed E-state index contributed by atoms with van der Waals surface area (Å²) in [6.07, 6.45) is 0. The Morgan fingerprint density at radius 2 is 1.00 bits per heavy atom. The third-order valence-electron chi connectivity index (χ3n) is 0. The topological polar surface area (TPSA) is 195 Å². The molecule has 0 bridgehead atoms. The van der Waals surface area contributed by atoms with Gasteiger partial charge in [0.05, 0.1) is 0 Å². The predicted molar refractivity (Wildman–Crippen MR) is 31.4 cm³/mol. The summed E-state index contributed by atoms with van der Waals surface area (Å²) in [7, 11) is 0. The third kappa shape index (κ3) is 6350. The van der Waals surface area contributed by atoms with Crippen LogP contribution in [0.25, 0.3) is 0 Å². The zero-order valence-electron chi connectivity index (χ0n) is 5.17. The van der Waals surface area contributed by atoms with Gasteiger partial charge in [-0.1, -0.05) is 0 Å². The molecule has 0 radical (unpaired) electrons. The summed E-state index contributed by atoms with van der Waals surface area (Å²) in [5.74, 6) is -0.833. The fourth-order valence-corrected chi connectivity index (χ4v) is 0. The van der Waals surface area contributed by atoms with Crippen molar-refractivity contribution in [1.29, 1.82) is 0 Å². The van der Waals surface area contributed by atoms with Gasteiger partial charge < -0.3 is 32.5 Å². The number of hydrogen-bond acceptors (Lipinski definition) is 1. The number of aliphatic carboxylic acids is 1. The quantitative estimate of drug-likeness (QED) is 0.396. The monoisotopic (exact) mass is 208 g/mol. The second kappa shape index (κ2) is 69.2. The molecule has 0 aliphatic heterocycles. The molecule has 0 fully saturated rings. The molecule has 11 N–H and O–H groups in total. The van der Waals surface area contributed by atoms with Crippen LogP contribution in [0.5, 0.6) is 0 Å². The Morgan fingerprint density at radius 3 is 1.00 bits per heavy atom. The normalized spacial score (nSPS) is 2.50. The standard InChI is InChI=1S/C2H4O2.Ni.5H2O/c1-2(3)4;;;;;;/h1H3,(H,3,4);;5*1H2.